The molecule has 1 heterocycles. The van der Waals surface area contributed by atoms with E-state index in [-0.39, 0.29) is 11.3 Å². The second-order valence-corrected chi connectivity index (χ2v) is 6.39. The lowest BCUT2D eigenvalue weighted by Crippen LogP contribution is -2.49. The highest BCUT2D eigenvalue weighted by Crippen LogP contribution is 2.25. The molecular weight excluding hydrogens is 304 g/mol. The number of halogens is 1. The van der Waals surface area contributed by atoms with Crippen LogP contribution < -0.4 is 10.6 Å². The van der Waals surface area contributed by atoms with Crippen LogP contribution in [0.5, 0.6) is 0 Å². The van der Waals surface area contributed by atoms with E-state index in [1.807, 2.05) is 19.1 Å². The van der Waals surface area contributed by atoms with Gasteiger partial charge in [-0.1, -0.05) is 28.1 Å². The SMILES string of the molecule is CC1(C(=O)NCCc2ccc(Br)cc2)CCCNC1. The number of nitrogens with one attached hydrogen (secondary N) is 2. The summed E-state index contributed by atoms with van der Waals surface area (Å²) in [5, 5.41) is 6.37. The van der Waals surface area contributed by atoms with Crippen molar-refractivity contribution in [3.05, 3.63) is 34.3 Å². The van der Waals surface area contributed by atoms with E-state index in [0.717, 1.165) is 36.8 Å². The Kier molecular flexibility index (Phi) is 4.99. The molecule has 1 amide bonds. The Labute approximate surface area is 123 Å². The lowest BCUT2D eigenvalue weighted by Gasteiger charge is -2.32. The first-order chi connectivity index (χ1) is 9.10. The zero-order valence-corrected chi connectivity index (χ0v) is 12.9. The van der Waals surface area contributed by atoms with Gasteiger partial charge in [0, 0.05) is 17.6 Å². The van der Waals surface area contributed by atoms with Crippen molar-refractivity contribution in [1.82, 2.24) is 10.6 Å². The van der Waals surface area contributed by atoms with E-state index in [1.54, 1.807) is 0 Å². The molecule has 0 bridgehead atoms. The Morgan fingerprint density at radius 3 is 2.79 bits per heavy atom. The van der Waals surface area contributed by atoms with E-state index in [2.05, 4.69) is 38.7 Å². The minimum atomic E-state index is -0.238. The zero-order valence-electron chi connectivity index (χ0n) is 11.3. The third-order valence-electron chi connectivity index (χ3n) is 3.76. The summed E-state index contributed by atoms with van der Waals surface area (Å²) < 4.78 is 1.08. The van der Waals surface area contributed by atoms with Crippen molar-refractivity contribution in [3.8, 4) is 0 Å². The first-order valence-electron chi connectivity index (χ1n) is 6.84. The molecule has 1 aromatic rings. The summed E-state index contributed by atoms with van der Waals surface area (Å²) in [6.07, 6.45) is 2.93. The van der Waals surface area contributed by atoms with Gasteiger partial charge in [-0.15, -0.1) is 0 Å². The summed E-state index contributed by atoms with van der Waals surface area (Å²) in [6, 6.07) is 8.23. The Morgan fingerprint density at radius 2 is 2.16 bits per heavy atom. The number of benzene rings is 1. The van der Waals surface area contributed by atoms with E-state index >= 15 is 0 Å². The van der Waals surface area contributed by atoms with Crippen LogP contribution in [0, 0.1) is 5.41 Å². The van der Waals surface area contributed by atoms with E-state index < -0.39 is 0 Å². The molecule has 1 fully saturated rings. The Morgan fingerprint density at radius 1 is 1.42 bits per heavy atom. The fraction of sp³-hybridized carbons (Fsp3) is 0.533. The monoisotopic (exact) mass is 324 g/mol. The first kappa shape index (κ1) is 14.5. The number of hydrogen-bond acceptors (Lipinski definition) is 2. The highest BCUT2D eigenvalue weighted by Gasteiger charge is 2.34. The maximum Gasteiger partial charge on any atom is 0.227 e. The molecule has 2 N–H and O–H groups in total. The van der Waals surface area contributed by atoms with E-state index in [9.17, 15) is 4.79 Å². The molecule has 0 aliphatic carbocycles. The normalized spacial score (nSPS) is 23.1. The van der Waals surface area contributed by atoms with Gasteiger partial charge in [-0.2, -0.15) is 0 Å². The van der Waals surface area contributed by atoms with Crippen molar-refractivity contribution < 1.29 is 4.79 Å². The maximum absolute atomic E-state index is 12.2. The number of rotatable bonds is 4. The second-order valence-electron chi connectivity index (χ2n) is 5.47. The second kappa shape index (κ2) is 6.53. The molecule has 1 aliphatic heterocycles. The quantitative estimate of drug-likeness (QED) is 0.893. The van der Waals surface area contributed by atoms with Gasteiger partial charge in [-0.25, -0.2) is 0 Å². The fourth-order valence-corrected chi connectivity index (χ4v) is 2.70. The molecule has 1 aromatic carbocycles. The molecule has 2 rings (SSSR count). The minimum absolute atomic E-state index is 0.178. The molecule has 3 nitrogen and oxygen atoms in total. The van der Waals surface area contributed by atoms with Gasteiger partial charge in [0.15, 0.2) is 0 Å². The predicted molar refractivity (Wildman–Crippen MR) is 81.1 cm³/mol. The highest BCUT2D eigenvalue weighted by atomic mass is 79.9. The van der Waals surface area contributed by atoms with Crippen molar-refractivity contribution in [2.45, 2.75) is 26.2 Å². The van der Waals surface area contributed by atoms with Crippen molar-refractivity contribution in [2.75, 3.05) is 19.6 Å². The van der Waals surface area contributed by atoms with Crippen LogP contribution in [0.15, 0.2) is 28.7 Å². The van der Waals surface area contributed by atoms with Crippen LogP contribution >= 0.6 is 15.9 Å². The molecule has 19 heavy (non-hydrogen) atoms. The van der Waals surface area contributed by atoms with E-state index in [0.29, 0.717) is 6.54 Å². The number of carbonyl (C=O) groups excluding carboxylic acids is 1. The molecule has 0 aromatic heterocycles. The standard InChI is InChI=1S/C15H21BrN2O/c1-15(8-2-9-17-11-15)14(19)18-10-7-12-3-5-13(16)6-4-12/h3-6,17H,2,7-11H2,1H3,(H,18,19). The summed E-state index contributed by atoms with van der Waals surface area (Å²) in [4.78, 5) is 12.2. The molecule has 1 saturated heterocycles. The zero-order chi connectivity index (χ0) is 13.7. The van der Waals surface area contributed by atoms with Crippen molar-refractivity contribution in [1.29, 1.82) is 0 Å². The Hall–Kier alpha value is -0.870. The summed E-state index contributed by atoms with van der Waals surface area (Å²) in [5.74, 6) is 0.178. The van der Waals surface area contributed by atoms with Crippen LogP contribution in [0.3, 0.4) is 0 Å². The molecule has 0 spiro atoms. The van der Waals surface area contributed by atoms with Crippen LogP contribution in [0.2, 0.25) is 0 Å². The summed E-state index contributed by atoms with van der Waals surface area (Å²) in [5.41, 5.74) is 1.01. The van der Waals surface area contributed by atoms with Gasteiger partial charge in [-0.05, 0) is 50.4 Å². The van der Waals surface area contributed by atoms with E-state index in [4.69, 9.17) is 0 Å². The molecule has 1 aliphatic rings. The predicted octanol–water partition coefficient (Wildman–Crippen LogP) is 2.50. The molecule has 1 unspecified atom stereocenters. The smallest absolute Gasteiger partial charge is 0.227 e. The minimum Gasteiger partial charge on any atom is -0.355 e. The number of hydrogen-bond donors (Lipinski definition) is 2. The third kappa shape index (κ3) is 4.05. The van der Waals surface area contributed by atoms with Gasteiger partial charge in [0.25, 0.3) is 0 Å². The van der Waals surface area contributed by atoms with Crippen LogP contribution in [-0.2, 0) is 11.2 Å². The molecule has 4 heteroatoms. The Balaban J connectivity index is 1.78. The number of carbonyl (C=O) groups is 1. The molecule has 1 atom stereocenters. The number of amides is 1. The highest BCUT2D eigenvalue weighted by molar-refractivity contribution is 9.10. The van der Waals surface area contributed by atoms with Crippen molar-refractivity contribution >= 4 is 21.8 Å². The van der Waals surface area contributed by atoms with Crippen LogP contribution in [0.4, 0.5) is 0 Å². The lowest BCUT2D eigenvalue weighted by atomic mass is 9.82. The van der Waals surface area contributed by atoms with Crippen LogP contribution in [0.25, 0.3) is 0 Å². The van der Waals surface area contributed by atoms with Gasteiger partial charge in [0.1, 0.15) is 0 Å². The average Bonchev–Trinajstić information content (AvgIpc) is 2.42. The van der Waals surface area contributed by atoms with Gasteiger partial charge >= 0.3 is 0 Å². The van der Waals surface area contributed by atoms with E-state index in [1.165, 1.54) is 5.56 Å². The van der Waals surface area contributed by atoms with Gasteiger partial charge in [-0.3, -0.25) is 4.79 Å². The van der Waals surface area contributed by atoms with Gasteiger partial charge in [0.2, 0.25) is 5.91 Å². The van der Waals surface area contributed by atoms with Crippen molar-refractivity contribution in [2.24, 2.45) is 5.41 Å². The van der Waals surface area contributed by atoms with Crippen LogP contribution in [0.1, 0.15) is 25.3 Å². The van der Waals surface area contributed by atoms with Crippen LogP contribution in [-0.4, -0.2) is 25.5 Å². The summed E-state index contributed by atoms with van der Waals surface area (Å²) in [7, 11) is 0. The fourth-order valence-electron chi connectivity index (χ4n) is 2.43. The number of piperidine rings is 1. The topological polar surface area (TPSA) is 41.1 Å². The third-order valence-corrected chi connectivity index (χ3v) is 4.29. The first-order valence-corrected chi connectivity index (χ1v) is 7.63. The molecule has 104 valence electrons. The van der Waals surface area contributed by atoms with Gasteiger partial charge in [0.05, 0.1) is 5.41 Å². The molecular formula is C15H21BrN2O. The summed E-state index contributed by atoms with van der Waals surface area (Å²) >= 11 is 3.42. The summed E-state index contributed by atoms with van der Waals surface area (Å²) in [6.45, 7) is 4.57. The average molecular weight is 325 g/mol. The molecule has 0 saturated carbocycles. The maximum atomic E-state index is 12.2. The lowest BCUT2D eigenvalue weighted by molar-refractivity contribution is -0.131. The Bertz CT molecular complexity index is 424. The molecule has 0 radical (unpaired) electrons. The largest absolute Gasteiger partial charge is 0.355 e. The van der Waals surface area contributed by atoms with Crippen molar-refractivity contribution in [3.63, 3.8) is 0 Å². The van der Waals surface area contributed by atoms with Gasteiger partial charge < -0.3 is 10.6 Å².